The number of nitrogens with zero attached hydrogens (tertiary/aromatic N) is 1. The van der Waals surface area contributed by atoms with E-state index in [4.69, 9.17) is 14.7 Å². The van der Waals surface area contributed by atoms with Crippen molar-refractivity contribution in [2.24, 2.45) is 5.92 Å². The third kappa shape index (κ3) is 3.65. The number of hydrogen-bond donors (Lipinski definition) is 0. The predicted octanol–water partition coefficient (Wildman–Crippen LogP) is 2.64. The SMILES string of the molecule is COC(OC)C(C#N)=CC1CCCCC1. The van der Waals surface area contributed by atoms with E-state index in [1.54, 1.807) is 14.2 Å². The number of hydrogen-bond acceptors (Lipinski definition) is 3. The normalized spacial score (nSPS) is 19.2. The molecule has 0 aromatic carbocycles. The highest BCUT2D eigenvalue weighted by molar-refractivity contribution is 5.24. The maximum Gasteiger partial charge on any atom is 0.192 e. The standard InChI is InChI=1S/C12H19NO2/c1-14-12(15-2)11(9-13)8-10-6-4-3-5-7-10/h8,10,12H,3-7H2,1-2H3. The van der Waals surface area contributed by atoms with Gasteiger partial charge in [0.25, 0.3) is 0 Å². The quantitative estimate of drug-likeness (QED) is 0.528. The van der Waals surface area contributed by atoms with Crippen molar-refractivity contribution in [2.75, 3.05) is 14.2 Å². The molecule has 3 nitrogen and oxygen atoms in total. The molecule has 84 valence electrons. The van der Waals surface area contributed by atoms with Crippen molar-refractivity contribution < 1.29 is 9.47 Å². The van der Waals surface area contributed by atoms with Gasteiger partial charge in [0.05, 0.1) is 11.6 Å². The monoisotopic (exact) mass is 209 g/mol. The van der Waals surface area contributed by atoms with E-state index in [-0.39, 0.29) is 0 Å². The molecule has 0 aliphatic heterocycles. The fourth-order valence-electron chi connectivity index (χ4n) is 2.07. The number of ether oxygens (including phenoxy) is 2. The molecular weight excluding hydrogens is 190 g/mol. The zero-order valence-electron chi connectivity index (χ0n) is 9.53. The average molecular weight is 209 g/mol. The second-order valence-corrected chi connectivity index (χ2v) is 3.94. The van der Waals surface area contributed by atoms with Gasteiger partial charge >= 0.3 is 0 Å². The zero-order chi connectivity index (χ0) is 11.1. The summed E-state index contributed by atoms with van der Waals surface area (Å²) in [5, 5.41) is 9.01. The van der Waals surface area contributed by atoms with E-state index >= 15 is 0 Å². The van der Waals surface area contributed by atoms with Crippen LogP contribution in [0.1, 0.15) is 32.1 Å². The van der Waals surface area contributed by atoms with Crippen LogP contribution in [-0.4, -0.2) is 20.5 Å². The molecule has 0 unspecified atom stereocenters. The summed E-state index contributed by atoms with van der Waals surface area (Å²) < 4.78 is 10.2. The average Bonchev–Trinajstić information content (AvgIpc) is 2.30. The Morgan fingerprint density at radius 3 is 2.33 bits per heavy atom. The van der Waals surface area contributed by atoms with Crippen LogP contribution < -0.4 is 0 Å². The predicted molar refractivity (Wildman–Crippen MR) is 58.1 cm³/mol. The Kier molecular flexibility index (Phi) is 5.38. The van der Waals surface area contributed by atoms with Crippen LogP contribution in [0.15, 0.2) is 11.6 Å². The summed E-state index contributed by atoms with van der Waals surface area (Å²) in [4.78, 5) is 0. The minimum absolute atomic E-state index is 0.503. The lowest BCUT2D eigenvalue weighted by molar-refractivity contribution is -0.0723. The lowest BCUT2D eigenvalue weighted by Crippen LogP contribution is -2.17. The summed E-state index contributed by atoms with van der Waals surface area (Å²) in [5.41, 5.74) is 0.604. The van der Waals surface area contributed by atoms with Gasteiger partial charge < -0.3 is 9.47 Å². The van der Waals surface area contributed by atoms with Crippen LogP contribution in [0.4, 0.5) is 0 Å². The third-order valence-electron chi connectivity index (χ3n) is 2.88. The largest absolute Gasteiger partial charge is 0.351 e. The first kappa shape index (κ1) is 12.2. The lowest BCUT2D eigenvalue weighted by atomic mass is 9.88. The summed E-state index contributed by atoms with van der Waals surface area (Å²) in [6, 6.07) is 2.16. The molecule has 1 saturated carbocycles. The first-order valence-corrected chi connectivity index (χ1v) is 5.49. The fraction of sp³-hybridized carbons (Fsp3) is 0.750. The second-order valence-electron chi connectivity index (χ2n) is 3.94. The van der Waals surface area contributed by atoms with Gasteiger partial charge in [0.2, 0.25) is 0 Å². The Morgan fingerprint density at radius 1 is 1.27 bits per heavy atom. The van der Waals surface area contributed by atoms with E-state index < -0.39 is 6.29 Å². The summed E-state index contributed by atoms with van der Waals surface area (Å²) in [6.07, 6.45) is 7.75. The number of rotatable bonds is 4. The molecule has 0 heterocycles. The summed E-state index contributed by atoms with van der Waals surface area (Å²) in [5.74, 6) is 0.529. The van der Waals surface area contributed by atoms with Crippen LogP contribution in [0.3, 0.4) is 0 Å². The number of allylic oxidation sites excluding steroid dienone is 1. The van der Waals surface area contributed by atoms with Crippen LogP contribution in [0.5, 0.6) is 0 Å². The van der Waals surface area contributed by atoms with Crippen LogP contribution in [0.25, 0.3) is 0 Å². The number of methoxy groups -OCH3 is 2. The van der Waals surface area contributed by atoms with Crippen LogP contribution in [-0.2, 0) is 9.47 Å². The molecule has 0 bridgehead atoms. The third-order valence-corrected chi connectivity index (χ3v) is 2.88. The van der Waals surface area contributed by atoms with Gasteiger partial charge in [0, 0.05) is 14.2 Å². The summed E-state index contributed by atoms with van der Waals surface area (Å²) in [6.45, 7) is 0. The van der Waals surface area contributed by atoms with Gasteiger partial charge in [-0.2, -0.15) is 5.26 Å². The van der Waals surface area contributed by atoms with E-state index in [2.05, 4.69) is 6.07 Å². The molecule has 15 heavy (non-hydrogen) atoms. The van der Waals surface area contributed by atoms with E-state index in [0.29, 0.717) is 11.5 Å². The highest BCUT2D eigenvalue weighted by Gasteiger charge is 2.16. The molecule has 1 aliphatic carbocycles. The zero-order valence-corrected chi connectivity index (χ0v) is 9.53. The number of nitriles is 1. The van der Waals surface area contributed by atoms with Crippen molar-refractivity contribution >= 4 is 0 Å². The van der Waals surface area contributed by atoms with Gasteiger partial charge in [-0.25, -0.2) is 0 Å². The molecule has 1 rings (SSSR count). The minimum atomic E-state index is -0.503. The Balaban J connectivity index is 2.63. The molecular formula is C12H19NO2. The van der Waals surface area contributed by atoms with E-state index in [1.807, 2.05) is 6.08 Å². The molecule has 0 N–H and O–H groups in total. The van der Waals surface area contributed by atoms with E-state index in [1.165, 1.54) is 32.1 Å². The highest BCUT2D eigenvalue weighted by Crippen LogP contribution is 2.26. The summed E-state index contributed by atoms with van der Waals surface area (Å²) in [7, 11) is 3.11. The van der Waals surface area contributed by atoms with Gasteiger partial charge in [-0.3, -0.25) is 0 Å². The Bertz CT molecular complexity index is 245. The maximum absolute atomic E-state index is 9.01. The van der Waals surface area contributed by atoms with Crippen LogP contribution >= 0.6 is 0 Å². The molecule has 0 spiro atoms. The van der Waals surface area contributed by atoms with Crippen molar-refractivity contribution in [3.05, 3.63) is 11.6 Å². The first-order valence-electron chi connectivity index (χ1n) is 5.49. The molecule has 1 fully saturated rings. The maximum atomic E-state index is 9.01. The first-order chi connectivity index (χ1) is 7.31. The molecule has 0 saturated heterocycles. The van der Waals surface area contributed by atoms with Crippen molar-refractivity contribution in [1.82, 2.24) is 0 Å². The molecule has 0 radical (unpaired) electrons. The van der Waals surface area contributed by atoms with Crippen molar-refractivity contribution in [3.8, 4) is 6.07 Å². The molecule has 0 aromatic rings. The lowest BCUT2D eigenvalue weighted by Gasteiger charge is -2.20. The van der Waals surface area contributed by atoms with Crippen molar-refractivity contribution in [1.29, 1.82) is 5.26 Å². The van der Waals surface area contributed by atoms with Gasteiger partial charge in [0.15, 0.2) is 6.29 Å². The van der Waals surface area contributed by atoms with Gasteiger partial charge in [0.1, 0.15) is 0 Å². The van der Waals surface area contributed by atoms with Gasteiger partial charge in [-0.05, 0) is 18.8 Å². The topological polar surface area (TPSA) is 42.2 Å². The Hall–Kier alpha value is -0.850. The highest BCUT2D eigenvalue weighted by atomic mass is 16.7. The van der Waals surface area contributed by atoms with E-state index in [0.717, 1.165) is 0 Å². The van der Waals surface area contributed by atoms with Crippen LogP contribution in [0.2, 0.25) is 0 Å². The fourth-order valence-corrected chi connectivity index (χ4v) is 2.07. The van der Waals surface area contributed by atoms with Crippen molar-refractivity contribution in [2.45, 2.75) is 38.4 Å². The minimum Gasteiger partial charge on any atom is -0.351 e. The molecule has 1 aliphatic rings. The smallest absolute Gasteiger partial charge is 0.192 e. The van der Waals surface area contributed by atoms with Crippen LogP contribution in [0, 0.1) is 17.2 Å². The molecule has 0 atom stereocenters. The van der Waals surface area contributed by atoms with Crippen molar-refractivity contribution in [3.63, 3.8) is 0 Å². The Morgan fingerprint density at radius 2 is 1.87 bits per heavy atom. The Labute approximate surface area is 91.7 Å². The van der Waals surface area contributed by atoms with Gasteiger partial charge in [-0.15, -0.1) is 0 Å². The van der Waals surface area contributed by atoms with Gasteiger partial charge in [-0.1, -0.05) is 25.3 Å². The molecule has 3 heteroatoms. The van der Waals surface area contributed by atoms with E-state index in [9.17, 15) is 0 Å². The second kappa shape index (κ2) is 6.60. The molecule has 0 aromatic heterocycles. The summed E-state index contributed by atoms with van der Waals surface area (Å²) >= 11 is 0. The molecule has 0 amide bonds.